The van der Waals surface area contributed by atoms with Gasteiger partial charge in [-0.2, -0.15) is 0 Å². The lowest BCUT2D eigenvalue weighted by atomic mass is 10.0. The molecule has 0 spiro atoms. The van der Waals surface area contributed by atoms with Gasteiger partial charge in [-0.1, -0.05) is 31.2 Å². The molecule has 1 heterocycles. The van der Waals surface area contributed by atoms with Gasteiger partial charge < -0.3 is 10.6 Å². The smallest absolute Gasteiger partial charge is 0.220 e. The summed E-state index contributed by atoms with van der Waals surface area (Å²) in [5.41, 5.74) is 2.51. The van der Waals surface area contributed by atoms with Crippen LogP contribution in [-0.2, 0) is 11.2 Å². The third kappa shape index (κ3) is 4.34. The maximum Gasteiger partial charge on any atom is 0.220 e. The van der Waals surface area contributed by atoms with E-state index in [-0.39, 0.29) is 11.9 Å². The Bertz CT molecular complexity index is 421. The molecule has 1 amide bonds. The lowest BCUT2D eigenvalue weighted by Gasteiger charge is -2.15. The third-order valence-electron chi connectivity index (χ3n) is 4.21. The van der Waals surface area contributed by atoms with Crippen molar-refractivity contribution in [2.75, 3.05) is 13.1 Å². The highest BCUT2D eigenvalue weighted by molar-refractivity contribution is 5.76. The van der Waals surface area contributed by atoms with Crippen molar-refractivity contribution >= 4 is 5.91 Å². The van der Waals surface area contributed by atoms with E-state index < -0.39 is 0 Å². The van der Waals surface area contributed by atoms with Crippen molar-refractivity contribution in [2.24, 2.45) is 5.92 Å². The summed E-state index contributed by atoms with van der Waals surface area (Å²) in [5, 5.41) is 6.44. The Morgan fingerprint density at radius 3 is 2.75 bits per heavy atom. The average Bonchev–Trinajstić information content (AvgIpc) is 2.98. The summed E-state index contributed by atoms with van der Waals surface area (Å²) in [6.45, 7) is 6.38. The number of carbonyl (C=O) groups is 1. The molecule has 1 aromatic carbocycles. The zero-order chi connectivity index (χ0) is 14.4. The molecule has 1 saturated heterocycles. The van der Waals surface area contributed by atoms with Gasteiger partial charge in [0.05, 0.1) is 6.04 Å². The monoisotopic (exact) mass is 274 g/mol. The molecule has 0 bridgehead atoms. The number of hydrogen-bond acceptors (Lipinski definition) is 2. The molecular formula is C17H26N2O. The van der Waals surface area contributed by atoms with Crippen LogP contribution in [0.25, 0.3) is 0 Å². The van der Waals surface area contributed by atoms with Crippen LogP contribution in [0.15, 0.2) is 24.3 Å². The molecule has 2 N–H and O–H groups in total. The van der Waals surface area contributed by atoms with E-state index in [2.05, 4.69) is 48.7 Å². The molecule has 1 aliphatic heterocycles. The van der Waals surface area contributed by atoms with E-state index in [1.54, 1.807) is 0 Å². The van der Waals surface area contributed by atoms with Crippen LogP contribution < -0.4 is 10.6 Å². The predicted octanol–water partition coefficient (Wildman–Crippen LogP) is 2.82. The summed E-state index contributed by atoms with van der Waals surface area (Å²) in [4.78, 5) is 12.0. The Hall–Kier alpha value is -1.35. The van der Waals surface area contributed by atoms with Crippen molar-refractivity contribution in [3.63, 3.8) is 0 Å². The van der Waals surface area contributed by atoms with Crippen LogP contribution in [0.4, 0.5) is 0 Å². The SMILES string of the molecule is CCc1ccc(C(C)NC(=O)CCC2CCNC2)cc1. The highest BCUT2D eigenvalue weighted by Gasteiger charge is 2.16. The fourth-order valence-corrected chi connectivity index (χ4v) is 2.74. The molecule has 20 heavy (non-hydrogen) atoms. The van der Waals surface area contributed by atoms with Gasteiger partial charge in [0, 0.05) is 6.42 Å². The molecule has 110 valence electrons. The lowest BCUT2D eigenvalue weighted by Crippen LogP contribution is -2.27. The summed E-state index contributed by atoms with van der Waals surface area (Å²) in [6.07, 6.45) is 3.90. The van der Waals surface area contributed by atoms with Crippen molar-refractivity contribution in [2.45, 2.75) is 45.6 Å². The fourth-order valence-electron chi connectivity index (χ4n) is 2.74. The molecule has 1 aromatic rings. The zero-order valence-electron chi connectivity index (χ0n) is 12.6. The number of benzene rings is 1. The van der Waals surface area contributed by atoms with E-state index in [1.165, 1.54) is 17.5 Å². The largest absolute Gasteiger partial charge is 0.350 e. The van der Waals surface area contributed by atoms with Gasteiger partial charge in [-0.15, -0.1) is 0 Å². The van der Waals surface area contributed by atoms with Crippen LogP contribution in [0.1, 0.15) is 50.3 Å². The second-order valence-corrected chi connectivity index (χ2v) is 5.78. The van der Waals surface area contributed by atoms with Crippen molar-refractivity contribution < 1.29 is 4.79 Å². The topological polar surface area (TPSA) is 41.1 Å². The van der Waals surface area contributed by atoms with E-state index in [0.717, 1.165) is 25.9 Å². The van der Waals surface area contributed by atoms with Crippen LogP contribution in [0.5, 0.6) is 0 Å². The minimum atomic E-state index is 0.0927. The van der Waals surface area contributed by atoms with E-state index in [1.807, 2.05) is 0 Å². The number of nitrogens with one attached hydrogen (secondary N) is 2. The lowest BCUT2D eigenvalue weighted by molar-refractivity contribution is -0.122. The average molecular weight is 274 g/mol. The Morgan fingerprint density at radius 2 is 2.15 bits per heavy atom. The van der Waals surface area contributed by atoms with Gasteiger partial charge in [-0.05, 0) is 56.3 Å². The number of amides is 1. The zero-order valence-corrected chi connectivity index (χ0v) is 12.6. The summed E-state index contributed by atoms with van der Waals surface area (Å²) in [7, 11) is 0. The van der Waals surface area contributed by atoms with Gasteiger partial charge in [0.1, 0.15) is 0 Å². The van der Waals surface area contributed by atoms with Crippen molar-refractivity contribution in [1.82, 2.24) is 10.6 Å². The van der Waals surface area contributed by atoms with Gasteiger partial charge in [0.25, 0.3) is 0 Å². The molecule has 2 unspecified atom stereocenters. The van der Waals surface area contributed by atoms with Crippen LogP contribution in [-0.4, -0.2) is 19.0 Å². The molecule has 3 nitrogen and oxygen atoms in total. The number of aryl methyl sites for hydroxylation is 1. The second kappa shape index (κ2) is 7.44. The highest BCUT2D eigenvalue weighted by Crippen LogP contribution is 2.16. The van der Waals surface area contributed by atoms with Crippen molar-refractivity contribution in [3.8, 4) is 0 Å². The molecule has 3 heteroatoms. The molecule has 0 aromatic heterocycles. The van der Waals surface area contributed by atoms with Gasteiger partial charge in [0.2, 0.25) is 5.91 Å². The number of hydrogen-bond donors (Lipinski definition) is 2. The predicted molar refractivity (Wildman–Crippen MR) is 82.6 cm³/mol. The first-order valence-corrected chi connectivity index (χ1v) is 7.78. The number of carbonyl (C=O) groups excluding carboxylic acids is 1. The summed E-state index contributed by atoms with van der Waals surface area (Å²) < 4.78 is 0. The number of rotatable bonds is 6. The molecular weight excluding hydrogens is 248 g/mol. The van der Waals surface area contributed by atoms with E-state index >= 15 is 0 Å². The van der Waals surface area contributed by atoms with Crippen LogP contribution in [0, 0.1) is 5.92 Å². The maximum atomic E-state index is 12.0. The Labute approximate surface area is 122 Å². The molecule has 0 aliphatic carbocycles. The van der Waals surface area contributed by atoms with Gasteiger partial charge in [-0.3, -0.25) is 4.79 Å². The molecule has 0 saturated carbocycles. The summed E-state index contributed by atoms with van der Waals surface area (Å²) in [6, 6.07) is 8.61. The fraction of sp³-hybridized carbons (Fsp3) is 0.588. The van der Waals surface area contributed by atoms with Crippen molar-refractivity contribution in [3.05, 3.63) is 35.4 Å². The highest BCUT2D eigenvalue weighted by atomic mass is 16.1. The maximum absolute atomic E-state index is 12.0. The van der Waals surface area contributed by atoms with Crippen LogP contribution >= 0.6 is 0 Å². The van der Waals surface area contributed by atoms with Gasteiger partial charge in [0.15, 0.2) is 0 Å². The molecule has 2 atom stereocenters. The van der Waals surface area contributed by atoms with E-state index in [0.29, 0.717) is 12.3 Å². The van der Waals surface area contributed by atoms with E-state index in [9.17, 15) is 4.79 Å². The van der Waals surface area contributed by atoms with E-state index in [4.69, 9.17) is 0 Å². The Balaban J connectivity index is 1.77. The second-order valence-electron chi connectivity index (χ2n) is 5.78. The van der Waals surface area contributed by atoms with Crippen LogP contribution in [0.2, 0.25) is 0 Å². The van der Waals surface area contributed by atoms with Crippen LogP contribution in [0.3, 0.4) is 0 Å². The van der Waals surface area contributed by atoms with Gasteiger partial charge in [-0.25, -0.2) is 0 Å². The molecule has 1 aliphatic rings. The normalized spacial score (nSPS) is 19.8. The Kier molecular flexibility index (Phi) is 5.60. The first-order valence-electron chi connectivity index (χ1n) is 7.78. The summed E-state index contributed by atoms with van der Waals surface area (Å²) in [5.74, 6) is 0.851. The summed E-state index contributed by atoms with van der Waals surface area (Å²) >= 11 is 0. The third-order valence-corrected chi connectivity index (χ3v) is 4.21. The standard InChI is InChI=1S/C17H26N2O/c1-3-14-4-7-16(8-5-14)13(2)19-17(20)9-6-15-10-11-18-12-15/h4-5,7-8,13,15,18H,3,6,9-12H2,1-2H3,(H,19,20). The van der Waals surface area contributed by atoms with Crippen molar-refractivity contribution in [1.29, 1.82) is 0 Å². The molecule has 2 rings (SSSR count). The Morgan fingerprint density at radius 1 is 1.40 bits per heavy atom. The van der Waals surface area contributed by atoms with Gasteiger partial charge >= 0.3 is 0 Å². The molecule has 0 radical (unpaired) electrons. The quantitative estimate of drug-likeness (QED) is 0.837. The first-order chi connectivity index (χ1) is 9.69. The minimum absolute atomic E-state index is 0.0927. The minimum Gasteiger partial charge on any atom is -0.350 e. The first kappa shape index (κ1) is 15.0. The molecule has 1 fully saturated rings.